The van der Waals surface area contributed by atoms with Crippen molar-refractivity contribution in [3.63, 3.8) is 0 Å². The molecule has 0 fully saturated rings. The van der Waals surface area contributed by atoms with Gasteiger partial charge in [0.05, 0.1) is 0 Å². The number of hydrogen-bond donors (Lipinski definition) is 1. The Hall–Kier alpha value is -3.43. The molecule has 152 valence electrons. The minimum absolute atomic E-state index is 0.177. The van der Waals surface area contributed by atoms with Crippen LogP contribution in [0.25, 0.3) is 11.4 Å². The Balaban J connectivity index is 1.39. The van der Waals surface area contributed by atoms with Crippen LogP contribution >= 0.6 is 0 Å². The molecule has 1 N–H and O–H groups in total. The lowest BCUT2D eigenvalue weighted by molar-refractivity contribution is -0.274. The normalized spacial score (nSPS) is 11.3. The van der Waals surface area contributed by atoms with E-state index in [1.807, 2.05) is 0 Å². The van der Waals surface area contributed by atoms with E-state index in [1.54, 1.807) is 24.5 Å². The van der Waals surface area contributed by atoms with Crippen LogP contribution in [0.5, 0.6) is 5.75 Å². The van der Waals surface area contributed by atoms with Crippen molar-refractivity contribution in [2.45, 2.75) is 25.6 Å². The van der Waals surface area contributed by atoms with Crippen molar-refractivity contribution in [1.82, 2.24) is 20.4 Å². The summed E-state index contributed by atoms with van der Waals surface area (Å²) in [6, 6.07) is 9.02. The number of pyridine rings is 1. The monoisotopic (exact) mass is 406 g/mol. The van der Waals surface area contributed by atoms with Gasteiger partial charge in [-0.05, 0) is 36.2 Å². The van der Waals surface area contributed by atoms with Gasteiger partial charge in [-0.25, -0.2) is 0 Å². The molecule has 0 aliphatic carbocycles. The molecule has 0 saturated heterocycles. The molecule has 0 aliphatic rings. The quantitative estimate of drug-likeness (QED) is 0.617. The van der Waals surface area contributed by atoms with Gasteiger partial charge in [-0.1, -0.05) is 17.3 Å². The van der Waals surface area contributed by atoms with Crippen LogP contribution in [0.1, 0.15) is 17.9 Å². The first-order valence-corrected chi connectivity index (χ1v) is 8.73. The van der Waals surface area contributed by atoms with E-state index < -0.39 is 6.36 Å². The number of rotatable bonds is 8. The second-order valence-electron chi connectivity index (χ2n) is 6.04. The van der Waals surface area contributed by atoms with E-state index in [0.717, 1.165) is 11.1 Å². The highest BCUT2D eigenvalue weighted by molar-refractivity contribution is 5.76. The molecule has 0 radical (unpaired) electrons. The number of carbonyl (C=O) groups is 1. The van der Waals surface area contributed by atoms with Gasteiger partial charge in [0.25, 0.3) is 0 Å². The number of nitrogens with zero attached hydrogens (tertiary/aromatic N) is 3. The number of aryl methyl sites for hydroxylation is 1. The Kier molecular flexibility index (Phi) is 6.43. The zero-order valence-electron chi connectivity index (χ0n) is 15.1. The summed E-state index contributed by atoms with van der Waals surface area (Å²) >= 11 is 0. The van der Waals surface area contributed by atoms with Crippen LogP contribution in [-0.2, 0) is 17.6 Å². The van der Waals surface area contributed by atoms with Gasteiger partial charge in [0.1, 0.15) is 5.75 Å². The third-order valence-electron chi connectivity index (χ3n) is 3.87. The maximum absolute atomic E-state index is 12.1. The Morgan fingerprint density at radius 2 is 1.79 bits per heavy atom. The number of hydrogen-bond acceptors (Lipinski definition) is 6. The first-order valence-electron chi connectivity index (χ1n) is 8.73. The summed E-state index contributed by atoms with van der Waals surface area (Å²) < 4.78 is 45.3. The van der Waals surface area contributed by atoms with Gasteiger partial charge in [0.15, 0.2) is 0 Å². The molecule has 3 aromatic rings. The van der Waals surface area contributed by atoms with Gasteiger partial charge in [-0.2, -0.15) is 4.98 Å². The van der Waals surface area contributed by atoms with Crippen molar-refractivity contribution < 1.29 is 27.2 Å². The van der Waals surface area contributed by atoms with Crippen molar-refractivity contribution in [2.24, 2.45) is 0 Å². The predicted octanol–water partition coefficient (Wildman–Crippen LogP) is 3.32. The summed E-state index contributed by atoms with van der Waals surface area (Å²) in [5, 5.41) is 6.61. The molecule has 0 spiro atoms. The van der Waals surface area contributed by atoms with E-state index >= 15 is 0 Å². The van der Waals surface area contributed by atoms with Gasteiger partial charge in [0, 0.05) is 37.3 Å². The molecule has 2 aromatic heterocycles. The lowest BCUT2D eigenvalue weighted by atomic mass is 10.1. The number of ether oxygens (including phenoxy) is 1. The molecule has 1 amide bonds. The maximum atomic E-state index is 12.1. The molecule has 3 rings (SSSR count). The Labute approximate surface area is 163 Å². The molecule has 10 heteroatoms. The average Bonchev–Trinajstić information content (AvgIpc) is 3.16. The number of carbonyl (C=O) groups excluding carboxylic acids is 1. The number of alkyl halides is 3. The van der Waals surface area contributed by atoms with E-state index in [-0.39, 0.29) is 18.1 Å². The minimum atomic E-state index is -4.72. The number of aromatic nitrogens is 3. The number of amides is 1. The summed E-state index contributed by atoms with van der Waals surface area (Å²) in [5.74, 6) is 0.314. The molecule has 0 aliphatic heterocycles. The van der Waals surface area contributed by atoms with Crippen molar-refractivity contribution in [1.29, 1.82) is 0 Å². The van der Waals surface area contributed by atoms with E-state index in [4.69, 9.17) is 4.52 Å². The Morgan fingerprint density at radius 1 is 1.07 bits per heavy atom. The summed E-state index contributed by atoms with van der Waals surface area (Å²) in [6.45, 7) is 0.352. The van der Waals surface area contributed by atoms with Crippen molar-refractivity contribution in [3.8, 4) is 17.1 Å². The Bertz CT molecular complexity index is 928. The zero-order valence-corrected chi connectivity index (χ0v) is 15.1. The summed E-state index contributed by atoms with van der Waals surface area (Å²) in [6.07, 6.45) is -0.521. The van der Waals surface area contributed by atoms with E-state index in [1.165, 1.54) is 24.3 Å². The molecule has 0 atom stereocenters. The molecule has 0 saturated carbocycles. The van der Waals surface area contributed by atoms with Crippen LogP contribution in [-0.4, -0.2) is 33.9 Å². The highest BCUT2D eigenvalue weighted by Gasteiger charge is 2.30. The van der Waals surface area contributed by atoms with Gasteiger partial charge in [-0.15, -0.1) is 13.2 Å². The van der Waals surface area contributed by atoms with Crippen LogP contribution in [0.2, 0.25) is 0 Å². The molecule has 29 heavy (non-hydrogen) atoms. The van der Waals surface area contributed by atoms with Gasteiger partial charge < -0.3 is 14.6 Å². The van der Waals surface area contributed by atoms with E-state index in [2.05, 4.69) is 25.2 Å². The van der Waals surface area contributed by atoms with Crippen molar-refractivity contribution in [2.75, 3.05) is 6.54 Å². The second kappa shape index (κ2) is 9.18. The third kappa shape index (κ3) is 6.59. The summed E-state index contributed by atoms with van der Waals surface area (Å²) in [5.41, 5.74) is 1.55. The first kappa shape index (κ1) is 20.3. The van der Waals surface area contributed by atoms with Crippen LogP contribution in [0.3, 0.4) is 0 Å². The fraction of sp³-hybridized carbons (Fsp3) is 0.263. The van der Waals surface area contributed by atoms with Crippen LogP contribution in [0, 0.1) is 0 Å². The maximum Gasteiger partial charge on any atom is 0.573 e. The molecule has 0 bridgehead atoms. The number of nitrogens with one attached hydrogen (secondary N) is 1. The highest BCUT2D eigenvalue weighted by atomic mass is 19.4. The lowest BCUT2D eigenvalue weighted by Gasteiger charge is -2.09. The Morgan fingerprint density at radius 3 is 2.48 bits per heavy atom. The smallest absolute Gasteiger partial charge is 0.406 e. The van der Waals surface area contributed by atoms with Gasteiger partial charge in [0.2, 0.25) is 17.6 Å². The minimum Gasteiger partial charge on any atom is -0.406 e. The zero-order chi connectivity index (χ0) is 20.7. The fourth-order valence-electron chi connectivity index (χ4n) is 2.49. The van der Waals surface area contributed by atoms with Gasteiger partial charge in [-0.3, -0.25) is 9.78 Å². The third-order valence-corrected chi connectivity index (χ3v) is 3.87. The van der Waals surface area contributed by atoms with Crippen molar-refractivity contribution >= 4 is 5.91 Å². The standard InChI is InChI=1S/C19H17F3N4O3/c20-19(21,22)28-15-3-1-13(2-4-15)7-12-24-16(27)5-6-17-25-18(26-29-17)14-8-10-23-11-9-14/h1-4,8-11H,5-7,12H2,(H,24,27). The fourth-order valence-corrected chi connectivity index (χ4v) is 2.49. The van der Waals surface area contributed by atoms with E-state index in [9.17, 15) is 18.0 Å². The molecule has 7 nitrogen and oxygen atoms in total. The van der Waals surface area contributed by atoms with Gasteiger partial charge >= 0.3 is 6.36 Å². The summed E-state index contributed by atoms with van der Waals surface area (Å²) in [7, 11) is 0. The largest absolute Gasteiger partial charge is 0.573 e. The molecular formula is C19H17F3N4O3. The van der Waals surface area contributed by atoms with Crippen LogP contribution in [0.4, 0.5) is 13.2 Å². The van der Waals surface area contributed by atoms with Crippen molar-refractivity contribution in [3.05, 3.63) is 60.2 Å². The lowest BCUT2D eigenvalue weighted by Crippen LogP contribution is -2.25. The molecule has 2 heterocycles. The topological polar surface area (TPSA) is 90.1 Å². The SMILES string of the molecule is O=C(CCc1nc(-c2ccncc2)no1)NCCc1ccc(OC(F)(F)F)cc1. The average molecular weight is 406 g/mol. The molecule has 0 unspecified atom stereocenters. The summed E-state index contributed by atoms with van der Waals surface area (Å²) in [4.78, 5) is 20.1. The molecular weight excluding hydrogens is 389 g/mol. The van der Waals surface area contributed by atoms with Crippen LogP contribution in [0.15, 0.2) is 53.3 Å². The van der Waals surface area contributed by atoms with E-state index in [0.29, 0.717) is 31.1 Å². The number of halogens is 3. The molecule has 1 aromatic carbocycles. The first-order chi connectivity index (χ1) is 13.9. The van der Waals surface area contributed by atoms with Crippen LogP contribution < -0.4 is 10.1 Å². The predicted molar refractivity (Wildman–Crippen MR) is 95.7 cm³/mol. The number of benzene rings is 1. The second-order valence-corrected chi connectivity index (χ2v) is 6.04. The highest BCUT2D eigenvalue weighted by Crippen LogP contribution is 2.22.